The molecule has 0 spiro atoms. The Balaban J connectivity index is 2.12. The molecule has 8 nitrogen and oxygen atoms in total. The van der Waals surface area contributed by atoms with Crippen molar-refractivity contribution in [3.63, 3.8) is 0 Å². The van der Waals surface area contributed by atoms with Gasteiger partial charge < -0.3 is 25.6 Å². The van der Waals surface area contributed by atoms with E-state index in [4.69, 9.17) is 14.9 Å². The van der Waals surface area contributed by atoms with E-state index in [0.29, 0.717) is 13.2 Å². The van der Waals surface area contributed by atoms with Crippen molar-refractivity contribution in [3.05, 3.63) is 0 Å². The maximum atomic E-state index is 11.5. The average molecular weight is 289 g/mol. The predicted octanol–water partition coefficient (Wildman–Crippen LogP) is -1.16. The minimum atomic E-state index is -1.45. The molecule has 0 aromatic carbocycles. The standard InChI is InChI=1S/C12H23N3O5/c1-2-15-5-6-20-9(8-15)7-14-12(19)13-4-3-10(16)11(17)18/h9-10,16H,2-8H2,1H3,(H,17,18)(H2,13,14,19). The topological polar surface area (TPSA) is 111 Å². The molecule has 20 heavy (non-hydrogen) atoms. The lowest BCUT2D eigenvalue weighted by molar-refractivity contribution is -0.146. The SMILES string of the molecule is CCN1CCOC(CNC(=O)NCCC(O)C(=O)O)C1. The molecule has 1 heterocycles. The van der Waals surface area contributed by atoms with Gasteiger partial charge in [0.1, 0.15) is 0 Å². The Labute approximate surface area is 118 Å². The normalized spacial score (nSPS) is 21.2. The molecule has 1 aliphatic heterocycles. The summed E-state index contributed by atoms with van der Waals surface area (Å²) in [6, 6.07) is -0.389. The average Bonchev–Trinajstić information content (AvgIpc) is 2.45. The van der Waals surface area contributed by atoms with Crippen LogP contribution < -0.4 is 10.6 Å². The van der Waals surface area contributed by atoms with E-state index in [1.807, 2.05) is 0 Å². The Morgan fingerprint density at radius 2 is 2.20 bits per heavy atom. The second kappa shape index (κ2) is 8.72. The van der Waals surface area contributed by atoms with Crippen LogP contribution in [0.15, 0.2) is 0 Å². The maximum Gasteiger partial charge on any atom is 0.332 e. The number of carboxylic acids is 1. The van der Waals surface area contributed by atoms with Crippen LogP contribution in [0.2, 0.25) is 0 Å². The van der Waals surface area contributed by atoms with Crippen LogP contribution in [0.1, 0.15) is 13.3 Å². The molecule has 4 N–H and O–H groups in total. The second-order valence-corrected chi connectivity index (χ2v) is 4.67. The highest BCUT2D eigenvalue weighted by Crippen LogP contribution is 2.03. The molecule has 1 aliphatic rings. The number of aliphatic hydroxyl groups is 1. The molecular formula is C12H23N3O5. The Morgan fingerprint density at radius 3 is 2.85 bits per heavy atom. The molecule has 8 heteroatoms. The molecule has 1 rings (SSSR count). The summed E-state index contributed by atoms with van der Waals surface area (Å²) in [5, 5.41) is 22.7. The number of carbonyl (C=O) groups is 2. The first-order valence-corrected chi connectivity index (χ1v) is 6.79. The van der Waals surface area contributed by atoms with E-state index in [9.17, 15) is 9.59 Å². The zero-order chi connectivity index (χ0) is 15.0. The van der Waals surface area contributed by atoms with Gasteiger partial charge in [0.15, 0.2) is 6.10 Å². The van der Waals surface area contributed by atoms with E-state index in [1.54, 1.807) is 0 Å². The zero-order valence-corrected chi connectivity index (χ0v) is 11.7. The van der Waals surface area contributed by atoms with Crippen LogP contribution in [-0.2, 0) is 9.53 Å². The third-order valence-corrected chi connectivity index (χ3v) is 3.15. The maximum absolute atomic E-state index is 11.5. The Bertz CT molecular complexity index is 326. The number of rotatable bonds is 7. The van der Waals surface area contributed by atoms with Gasteiger partial charge in [0.05, 0.1) is 12.7 Å². The van der Waals surface area contributed by atoms with Gasteiger partial charge in [0, 0.05) is 32.6 Å². The highest BCUT2D eigenvalue weighted by atomic mass is 16.5. The summed E-state index contributed by atoms with van der Waals surface area (Å²) in [5.74, 6) is -1.29. The highest BCUT2D eigenvalue weighted by Gasteiger charge is 2.19. The summed E-state index contributed by atoms with van der Waals surface area (Å²) in [6.45, 7) is 5.90. The van der Waals surface area contributed by atoms with Crippen molar-refractivity contribution < 1.29 is 24.5 Å². The summed E-state index contributed by atoms with van der Waals surface area (Å²) in [6.07, 6.45) is -1.50. The number of likely N-dealkylation sites (N-methyl/N-ethyl adjacent to an activating group) is 1. The molecule has 2 unspecified atom stereocenters. The van der Waals surface area contributed by atoms with E-state index in [0.717, 1.165) is 19.6 Å². The Kier molecular flexibility index (Phi) is 7.27. The number of aliphatic hydroxyl groups excluding tert-OH is 1. The molecule has 0 bridgehead atoms. The number of carboxylic acid groups (broad SMARTS) is 1. The fourth-order valence-electron chi connectivity index (χ4n) is 1.91. The molecule has 0 aromatic rings. The number of morpholine rings is 1. The van der Waals surface area contributed by atoms with Gasteiger partial charge in [-0.2, -0.15) is 0 Å². The Morgan fingerprint density at radius 1 is 1.45 bits per heavy atom. The van der Waals surface area contributed by atoms with Crippen LogP contribution in [-0.4, -0.2) is 78.7 Å². The van der Waals surface area contributed by atoms with Gasteiger partial charge >= 0.3 is 12.0 Å². The number of nitrogens with one attached hydrogen (secondary N) is 2. The van der Waals surface area contributed by atoms with E-state index < -0.39 is 12.1 Å². The first-order valence-electron chi connectivity index (χ1n) is 6.79. The van der Waals surface area contributed by atoms with Crippen LogP contribution in [0.3, 0.4) is 0 Å². The quantitative estimate of drug-likeness (QED) is 0.470. The lowest BCUT2D eigenvalue weighted by atomic mass is 10.2. The molecule has 2 atom stereocenters. The monoisotopic (exact) mass is 289 g/mol. The van der Waals surface area contributed by atoms with Gasteiger partial charge in [-0.15, -0.1) is 0 Å². The van der Waals surface area contributed by atoms with Gasteiger partial charge in [-0.25, -0.2) is 9.59 Å². The highest BCUT2D eigenvalue weighted by molar-refractivity contribution is 5.74. The van der Waals surface area contributed by atoms with Gasteiger partial charge in [-0.05, 0) is 6.54 Å². The lowest BCUT2D eigenvalue weighted by Gasteiger charge is -2.32. The van der Waals surface area contributed by atoms with Crippen molar-refractivity contribution in [2.75, 3.05) is 39.3 Å². The minimum Gasteiger partial charge on any atom is -0.479 e. The number of nitrogens with zero attached hydrogens (tertiary/aromatic N) is 1. The van der Waals surface area contributed by atoms with Gasteiger partial charge in [-0.3, -0.25) is 4.90 Å². The third kappa shape index (κ3) is 6.18. The largest absolute Gasteiger partial charge is 0.479 e. The fraction of sp³-hybridized carbons (Fsp3) is 0.833. The van der Waals surface area contributed by atoms with Crippen molar-refractivity contribution in [1.29, 1.82) is 0 Å². The van der Waals surface area contributed by atoms with Crippen molar-refractivity contribution in [3.8, 4) is 0 Å². The van der Waals surface area contributed by atoms with Crippen molar-refractivity contribution in [2.24, 2.45) is 0 Å². The second-order valence-electron chi connectivity index (χ2n) is 4.67. The summed E-state index contributed by atoms with van der Waals surface area (Å²) < 4.78 is 5.53. The number of aliphatic carboxylic acids is 1. The fourth-order valence-corrected chi connectivity index (χ4v) is 1.91. The van der Waals surface area contributed by atoms with Crippen molar-refractivity contribution in [2.45, 2.75) is 25.6 Å². The number of carbonyl (C=O) groups excluding carboxylic acids is 1. The van der Waals surface area contributed by atoms with Gasteiger partial charge in [0.2, 0.25) is 0 Å². The summed E-state index contributed by atoms with van der Waals surface area (Å²) in [4.78, 5) is 24.1. The summed E-state index contributed by atoms with van der Waals surface area (Å²) >= 11 is 0. The number of hydrogen-bond donors (Lipinski definition) is 4. The van der Waals surface area contributed by atoms with Gasteiger partial charge in [0.25, 0.3) is 0 Å². The minimum absolute atomic E-state index is 0.0215. The van der Waals surface area contributed by atoms with Crippen LogP contribution in [0, 0.1) is 0 Å². The first kappa shape index (κ1) is 16.7. The van der Waals surface area contributed by atoms with E-state index in [2.05, 4.69) is 22.5 Å². The molecule has 1 saturated heterocycles. The summed E-state index contributed by atoms with van der Waals surface area (Å²) in [7, 11) is 0. The van der Waals surface area contributed by atoms with Gasteiger partial charge in [-0.1, -0.05) is 6.92 Å². The van der Waals surface area contributed by atoms with E-state index in [-0.39, 0.29) is 25.1 Å². The molecule has 0 aliphatic carbocycles. The van der Waals surface area contributed by atoms with Crippen molar-refractivity contribution >= 4 is 12.0 Å². The zero-order valence-electron chi connectivity index (χ0n) is 11.7. The van der Waals surface area contributed by atoms with Crippen LogP contribution in [0.25, 0.3) is 0 Å². The lowest BCUT2D eigenvalue weighted by Crippen LogP contribution is -2.49. The Hall–Kier alpha value is -1.38. The molecule has 116 valence electrons. The number of ether oxygens (including phenoxy) is 1. The number of amides is 2. The molecule has 2 amide bonds. The third-order valence-electron chi connectivity index (χ3n) is 3.15. The molecule has 1 fully saturated rings. The number of urea groups is 1. The molecule has 0 aromatic heterocycles. The van der Waals surface area contributed by atoms with E-state index >= 15 is 0 Å². The molecule has 0 radical (unpaired) electrons. The van der Waals surface area contributed by atoms with Crippen LogP contribution in [0.4, 0.5) is 4.79 Å². The smallest absolute Gasteiger partial charge is 0.332 e. The van der Waals surface area contributed by atoms with Crippen molar-refractivity contribution in [1.82, 2.24) is 15.5 Å². The van der Waals surface area contributed by atoms with Crippen LogP contribution in [0.5, 0.6) is 0 Å². The summed E-state index contributed by atoms with van der Waals surface area (Å²) in [5.41, 5.74) is 0. The molecule has 0 saturated carbocycles. The predicted molar refractivity (Wildman–Crippen MR) is 71.5 cm³/mol. The number of hydrogen-bond acceptors (Lipinski definition) is 5. The molecular weight excluding hydrogens is 266 g/mol. The first-order chi connectivity index (χ1) is 9.52. The van der Waals surface area contributed by atoms with Crippen LogP contribution >= 0.6 is 0 Å². The van der Waals surface area contributed by atoms with E-state index in [1.165, 1.54) is 0 Å².